The van der Waals surface area contributed by atoms with E-state index in [0.29, 0.717) is 10.9 Å². The number of carboxylic acid groups (broad SMARTS) is 1. The molecule has 12 nitrogen and oxygen atoms in total. The third kappa shape index (κ3) is 5.38. The van der Waals surface area contributed by atoms with E-state index in [0.717, 1.165) is 0 Å². The molecule has 1 aromatic carbocycles. The second kappa shape index (κ2) is 9.30. The van der Waals surface area contributed by atoms with Crippen molar-refractivity contribution in [3.8, 4) is 5.75 Å². The normalized spacial score (nSPS) is 26.7. The van der Waals surface area contributed by atoms with Crippen LogP contribution in [-0.4, -0.2) is 94.5 Å². The van der Waals surface area contributed by atoms with Gasteiger partial charge in [0, 0.05) is 47.1 Å². The minimum Gasteiger partial charge on any atom is -0.479 e. The first-order chi connectivity index (χ1) is 13.5. The Morgan fingerprint density at radius 3 is 2.43 bits per heavy atom. The molecule has 1 saturated heterocycles. The smallest absolute Gasteiger partial charge is 0.397 e. The van der Waals surface area contributed by atoms with E-state index in [4.69, 9.17) is 23.6 Å². The molecule has 0 spiro atoms. The van der Waals surface area contributed by atoms with Crippen LogP contribution in [0, 0.1) is 6.92 Å². The van der Waals surface area contributed by atoms with Crippen molar-refractivity contribution in [3.05, 3.63) is 40.2 Å². The van der Waals surface area contributed by atoms with Crippen molar-refractivity contribution in [1.29, 1.82) is 0 Å². The third-order valence-corrected chi connectivity index (χ3v) is 4.66. The first-order valence-electron chi connectivity index (χ1n) is 8.07. The molecule has 30 heavy (non-hydrogen) atoms. The van der Waals surface area contributed by atoms with Crippen molar-refractivity contribution in [3.63, 3.8) is 0 Å². The van der Waals surface area contributed by atoms with Crippen molar-refractivity contribution in [2.75, 3.05) is 0 Å². The predicted octanol–water partition coefficient (Wildman–Crippen LogP) is -1.18. The number of rotatable bonds is 5. The van der Waals surface area contributed by atoms with Gasteiger partial charge in [0.1, 0.15) is 23.5 Å². The van der Waals surface area contributed by atoms with Crippen LogP contribution in [0.3, 0.4) is 0 Å². The molecule has 159 valence electrons. The molecule has 2 heterocycles. The number of aliphatic carboxylic acids is 1. The van der Waals surface area contributed by atoms with Crippen molar-refractivity contribution in [2.45, 2.75) is 37.6 Å². The van der Waals surface area contributed by atoms with Crippen molar-refractivity contribution < 1.29 is 51.2 Å². The van der Waals surface area contributed by atoms with Crippen LogP contribution in [-0.2, 0) is 24.1 Å². The van der Waals surface area contributed by atoms with Crippen molar-refractivity contribution in [2.24, 2.45) is 0 Å². The topological polar surface area (TPSA) is 190 Å². The number of benzene rings is 1. The summed E-state index contributed by atoms with van der Waals surface area (Å²) in [5, 5.41) is 29.6. The number of hydrogen-bond donors (Lipinski definition) is 4. The molecule has 1 aliphatic rings. The Bertz CT molecular complexity index is 1100. The van der Waals surface area contributed by atoms with Gasteiger partial charge in [0.25, 0.3) is 0 Å². The number of carbonyl (C=O) groups is 1. The van der Waals surface area contributed by atoms with Crippen LogP contribution < -0.4 is 10.4 Å². The van der Waals surface area contributed by atoms with Gasteiger partial charge in [-0.05, 0) is 24.6 Å². The van der Waals surface area contributed by atoms with E-state index < -0.39 is 52.7 Å². The van der Waals surface area contributed by atoms with Crippen LogP contribution in [0.2, 0.25) is 0 Å². The van der Waals surface area contributed by atoms with Crippen LogP contribution in [0.1, 0.15) is 5.56 Å². The van der Waals surface area contributed by atoms with Gasteiger partial charge in [-0.25, -0.2) is 13.8 Å². The first-order valence-corrected chi connectivity index (χ1v) is 9.44. The number of carboxylic acids is 1. The van der Waals surface area contributed by atoms with Gasteiger partial charge in [0.2, 0.25) is 6.29 Å². The third-order valence-electron chi connectivity index (χ3n) is 4.20. The van der Waals surface area contributed by atoms with Crippen molar-refractivity contribution in [1.82, 2.24) is 0 Å². The summed E-state index contributed by atoms with van der Waals surface area (Å²) in [4.78, 5) is 22.8. The number of hydrogen-bond acceptors (Lipinski definition) is 10. The Kier molecular flexibility index (Phi) is 7.66. The van der Waals surface area contributed by atoms with Gasteiger partial charge in [0.05, 0.1) is 0 Å². The molecule has 5 atom stereocenters. The fourth-order valence-electron chi connectivity index (χ4n) is 2.89. The molecule has 0 bridgehead atoms. The van der Waals surface area contributed by atoms with Gasteiger partial charge in [-0.15, -0.1) is 0 Å². The fourth-order valence-corrected chi connectivity index (χ4v) is 3.38. The van der Waals surface area contributed by atoms with E-state index in [1.165, 1.54) is 24.3 Å². The standard InChI is InChI=1S/C16H16O12S.Na/c1-6-4-10(17)26-9-5-7(2-3-8(6)9)25-16-14(28-29(22,23)24)12(19)11(18)13(27-16)15(20)21;/h2-5,11-14,16,18-19H,1H3,(H,20,21)(H,22,23,24);/t11-,12-,13+,14+,16+;/m0./s1. The van der Waals surface area contributed by atoms with Crippen LogP contribution in [0.15, 0.2) is 33.5 Å². The summed E-state index contributed by atoms with van der Waals surface area (Å²) in [6, 6.07) is 5.43. The van der Waals surface area contributed by atoms with E-state index in [-0.39, 0.29) is 40.9 Å². The largest absolute Gasteiger partial charge is 0.479 e. The maximum absolute atomic E-state index is 11.5. The minimum atomic E-state index is -5.13. The quantitative estimate of drug-likeness (QED) is 0.240. The van der Waals surface area contributed by atoms with Crippen molar-refractivity contribution >= 4 is 56.9 Å². The molecule has 0 aliphatic carbocycles. The molecular formula is C16H16NaO12S. The van der Waals surface area contributed by atoms with Gasteiger partial charge >= 0.3 is 22.0 Å². The van der Waals surface area contributed by atoms with E-state index >= 15 is 0 Å². The Morgan fingerprint density at radius 2 is 1.83 bits per heavy atom. The van der Waals surface area contributed by atoms with Gasteiger partial charge in [0.15, 0.2) is 12.2 Å². The summed E-state index contributed by atoms with van der Waals surface area (Å²) in [5.41, 5.74) is 0.109. The Balaban J connectivity index is 0.00000320. The van der Waals surface area contributed by atoms with E-state index in [2.05, 4.69) is 4.18 Å². The molecule has 1 aromatic heterocycles. The zero-order valence-electron chi connectivity index (χ0n) is 15.7. The van der Waals surface area contributed by atoms with Crippen LogP contribution in [0.25, 0.3) is 11.0 Å². The summed E-state index contributed by atoms with van der Waals surface area (Å²) in [6.07, 6.45) is -10.0. The number of ether oxygens (including phenoxy) is 2. The summed E-state index contributed by atoms with van der Waals surface area (Å²) in [5.74, 6) is -1.72. The monoisotopic (exact) mass is 455 g/mol. The second-order valence-corrected chi connectivity index (χ2v) is 7.31. The van der Waals surface area contributed by atoms with Gasteiger partial charge in [-0.2, -0.15) is 8.42 Å². The Morgan fingerprint density at radius 1 is 1.17 bits per heavy atom. The molecule has 1 aliphatic heterocycles. The maximum Gasteiger partial charge on any atom is 0.397 e. The molecule has 1 fully saturated rings. The molecule has 2 aromatic rings. The average Bonchev–Trinajstić information content (AvgIpc) is 2.59. The van der Waals surface area contributed by atoms with E-state index in [1.54, 1.807) is 6.92 Å². The second-order valence-electron chi connectivity index (χ2n) is 6.26. The summed E-state index contributed by atoms with van der Waals surface area (Å²) in [6.45, 7) is 1.68. The van der Waals surface area contributed by atoms with Gasteiger partial charge in [-0.1, -0.05) is 0 Å². The summed E-state index contributed by atoms with van der Waals surface area (Å²) in [7, 11) is -5.13. The molecule has 0 amide bonds. The number of aryl methyl sites for hydroxylation is 1. The van der Waals surface area contributed by atoms with E-state index in [9.17, 15) is 28.2 Å². The molecule has 0 unspecified atom stereocenters. The van der Waals surface area contributed by atoms with E-state index in [1.807, 2.05) is 0 Å². The first kappa shape index (κ1) is 24.7. The van der Waals surface area contributed by atoms with Crippen LogP contribution in [0.4, 0.5) is 0 Å². The number of aliphatic hydroxyl groups is 2. The summed E-state index contributed by atoms with van der Waals surface area (Å²) < 4.78 is 50.8. The molecular weight excluding hydrogens is 439 g/mol. The van der Waals surface area contributed by atoms with Crippen LogP contribution >= 0.6 is 0 Å². The molecule has 0 saturated carbocycles. The number of aliphatic hydroxyl groups excluding tert-OH is 2. The van der Waals surface area contributed by atoms with Crippen LogP contribution in [0.5, 0.6) is 5.75 Å². The zero-order chi connectivity index (χ0) is 21.5. The average molecular weight is 455 g/mol. The Labute approximate surface area is 191 Å². The molecule has 1 radical (unpaired) electrons. The predicted molar refractivity (Wildman–Crippen MR) is 98.3 cm³/mol. The number of fused-ring (bicyclic) bond motifs is 1. The summed E-state index contributed by atoms with van der Waals surface area (Å²) >= 11 is 0. The zero-order valence-corrected chi connectivity index (χ0v) is 18.5. The SMILES string of the molecule is Cc1cc(=O)oc2cc(O[C@@H]3O[C@@H](C(=O)O)[C@@H](O)[C@H](O)[C@H]3OS(=O)(=O)O)ccc12.[Na]. The van der Waals surface area contributed by atoms with Gasteiger partial charge in [-0.3, -0.25) is 4.55 Å². The maximum atomic E-state index is 11.5. The molecule has 14 heteroatoms. The molecule has 4 N–H and O–H groups in total. The van der Waals surface area contributed by atoms with Gasteiger partial charge < -0.3 is 29.2 Å². The fraction of sp³-hybridized carbons (Fsp3) is 0.375. The molecule has 3 rings (SSSR count). The minimum absolute atomic E-state index is 0. The Hall–Kier alpha value is -1.55.